The first-order valence-corrected chi connectivity index (χ1v) is 6.39. The van der Waals surface area contributed by atoms with E-state index in [1.165, 1.54) is 0 Å². The summed E-state index contributed by atoms with van der Waals surface area (Å²) < 4.78 is 0. The number of benzene rings is 1. The first-order chi connectivity index (χ1) is 10.2. The lowest BCUT2D eigenvalue weighted by Crippen LogP contribution is -2.47. The van der Waals surface area contributed by atoms with Crippen LogP contribution in [-0.4, -0.2) is 21.1 Å². The Hall–Kier alpha value is -2.64. The monoisotopic (exact) mass is 283 g/mol. The van der Waals surface area contributed by atoms with Crippen molar-refractivity contribution in [2.24, 2.45) is 21.7 Å². The molecule has 0 radical (unpaired) electrons. The summed E-state index contributed by atoms with van der Waals surface area (Å²) in [6, 6.07) is 9.57. The number of nitrogens with zero attached hydrogens (tertiary/aromatic N) is 4. The fourth-order valence-electron chi connectivity index (χ4n) is 1.51. The zero-order chi connectivity index (χ0) is 15.0. The predicted octanol–water partition coefficient (Wildman–Crippen LogP) is 2.03. The second-order valence-electron chi connectivity index (χ2n) is 4.47. The molecule has 21 heavy (non-hydrogen) atoms. The highest BCUT2D eigenvalue weighted by Crippen LogP contribution is 2.18. The van der Waals surface area contributed by atoms with Crippen LogP contribution in [0.15, 0.2) is 76.9 Å². The van der Waals surface area contributed by atoms with Crippen molar-refractivity contribution in [1.82, 2.24) is 15.4 Å². The third kappa shape index (κ3) is 5.47. The molecule has 0 bridgehead atoms. The van der Waals surface area contributed by atoms with E-state index in [2.05, 4.69) is 25.6 Å². The van der Waals surface area contributed by atoms with Crippen LogP contribution in [0.1, 0.15) is 6.42 Å². The molecule has 1 aliphatic rings. The van der Waals surface area contributed by atoms with E-state index in [1.54, 1.807) is 24.5 Å². The summed E-state index contributed by atoms with van der Waals surface area (Å²) in [5, 5.41) is 17.5. The van der Waals surface area contributed by atoms with Crippen LogP contribution in [0.4, 0.5) is 5.69 Å². The topological polar surface area (TPSA) is 118 Å². The summed E-state index contributed by atoms with van der Waals surface area (Å²) >= 11 is 0. The number of allylic oxidation sites excluding steroid dienone is 1. The molecule has 5 N–H and O–H groups in total. The lowest BCUT2D eigenvalue weighted by molar-refractivity contribution is 0.554. The molecule has 0 atom stereocenters. The summed E-state index contributed by atoms with van der Waals surface area (Å²) in [5.74, 6) is 0. The van der Waals surface area contributed by atoms with E-state index in [0.29, 0.717) is 6.42 Å². The second kappa shape index (κ2) is 7.22. The zero-order valence-electron chi connectivity index (χ0n) is 11.4. The number of hydrogen-bond acceptors (Lipinski definition) is 6. The average Bonchev–Trinajstić information content (AvgIpc) is 3.07. The van der Waals surface area contributed by atoms with Crippen LogP contribution >= 0.6 is 0 Å². The van der Waals surface area contributed by atoms with Crippen LogP contribution in [0.5, 0.6) is 0 Å². The van der Waals surface area contributed by atoms with Gasteiger partial charge in [0.25, 0.3) is 0 Å². The van der Waals surface area contributed by atoms with Gasteiger partial charge in [0, 0.05) is 6.42 Å². The van der Waals surface area contributed by atoms with E-state index in [4.69, 9.17) is 11.5 Å². The standard InChI is InChI=1S/C12H14N4.C2H3N3/c13-12(14)8-6-11(7-9-12)16-15-10-4-2-1-3-5-10;1-2-4-5-3-1/h1-8H,9,13-14H2;1-2H,(H,3,4,5). The maximum atomic E-state index is 5.72. The molecule has 7 heteroatoms. The highest BCUT2D eigenvalue weighted by molar-refractivity contribution is 5.35. The van der Waals surface area contributed by atoms with Crippen molar-refractivity contribution in [2.45, 2.75) is 12.1 Å². The van der Waals surface area contributed by atoms with E-state index in [-0.39, 0.29) is 0 Å². The van der Waals surface area contributed by atoms with Gasteiger partial charge in [0.1, 0.15) is 0 Å². The number of aromatic nitrogens is 3. The summed E-state index contributed by atoms with van der Waals surface area (Å²) in [4.78, 5) is 0. The zero-order valence-corrected chi connectivity index (χ0v) is 11.4. The fraction of sp³-hybridized carbons (Fsp3) is 0.143. The van der Waals surface area contributed by atoms with Crippen molar-refractivity contribution in [3.8, 4) is 0 Å². The van der Waals surface area contributed by atoms with E-state index in [0.717, 1.165) is 11.4 Å². The van der Waals surface area contributed by atoms with Crippen LogP contribution in [0.3, 0.4) is 0 Å². The van der Waals surface area contributed by atoms with Crippen LogP contribution < -0.4 is 11.5 Å². The normalized spacial score (nSPS) is 16.2. The van der Waals surface area contributed by atoms with Crippen LogP contribution in [0, 0.1) is 0 Å². The minimum Gasteiger partial charge on any atom is -0.310 e. The predicted molar refractivity (Wildman–Crippen MR) is 80.3 cm³/mol. The largest absolute Gasteiger partial charge is 0.310 e. The first-order valence-electron chi connectivity index (χ1n) is 6.39. The number of rotatable bonds is 2. The fourth-order valence-corrected chi connectivity index (χ4v) is 1.51. The van der Waals surface area contributed by atoms with Gasteiger partial charge in [-0.1, -0.05) is 24.3 Å². The molecule has 1 heterocycles. The minimum absolute atomic E-state index is 0.576. The van der Waals surface area contributed by atoms with Gasteiger partial charge >= 0.3 is 0 Å². The molecular formula is C14H17N7. The van der Waals surface area contributed by atoms with Gasteiger partial charge in [0.2, 0.25) is 0 Å². The van der Waals surface area contributed by atoms with Gasteiger partial charge in [-0.05, 0) is 24.3 Å². The Morgan fingerprint density at radius 1 is 1.05 bits per heavy atom. The molecule has 0 saturated heterocycles. The quantitative estimate of drug-likeness (QED) is 0.577. The van der Waals surface area contributed by atoms with Crippen molar-refractivity contribution < 1.29 is 0 Å². The lowest BCUT2D eigenvalue weighted by Gasteiger charge is -2.20. The molecule has 108 valence electrons. The number of aromatic amines is 1. The van der Waals surface area contributed by atoms with Gasteiger partial charge in [-0.25, -0.2) is 0 Å². The van der Waals surface area contributed by atoms with Crippen LogP contribution in [0.2, 0.25) is 0 Å². The van der Waals surface area contributed by atoms with E-state index in [1.807, 2.05) is 36.4 Å². The van der Waals surface area contributed by atoms with E-state index < -0.39 is 5.66 Å². The highest BCUT2D eigenvalue weighted by atomic mass is 15.3. The van der Waals surface area contributed by atoms with Crippen molar-refractivity contribution in [3.05, 3.63) is 66.7 Å². The van der Waals surface area contributed by atoms with Gasteiger partial charge in [-0.15, -0.1) is 0 Å². The SMILES string of the molecule is NC1(N)C=CC(N=Nc2ccccc2)=CC1.c1cn[nH]n1. The third-order valence-corrected chi connectivity index (χ3v) is 2.60. The summed E-state index contributed by atoms with van der Waals surface area (Å²) in [7, 11) is 0. The van der Waals surface area contributed by atoms with Crippen LogP contribution in [0.25, 0.3) is 0 Å². The maximum absolute atomic E-state index is 5.72. The molecule has 2 aromatic rings. The van der Waals surface area contributed by atoms with Crippen molar-refractivity contribution >= 4 is 5.69 Å². The van der Waals surface area contributed by atoms with Gasteiger partial charge in [-0.3, -0.25) is 0 Å². The van der Waals surface area contributed by atoms with Gasteiger partial charge in [-0.2, -0.15) is 25.6 Å². The lowest BCUT2D eigenvalue weighted by atomic mass is 10.0. The Morgan fingerprint density at radius 2 is 1.76 bits per heavy atom. The molecule has 1 aromatic carbocycles. The molecular weight excluding hydrogens is 266 g/mol. The second-order valence-corrected chi connectivity index (χ2v) is 4.47. The third-order valence-electron chi connectivity index (χ3n) is 2.60. The average molecular weight is 283 g/mol. The van der Waals surface area contributed by atoms with Crippen molar-refractivity contribution in [2.75, 3.05) is 0 Å². The molecule has 0 spiro atoms. The molecule has 0 aliphatic heterocycles. The minimum atomic E-state index is -0.744. The summed E-state index contributed by atoms with van der Waals surface area (Å²) in [6.07, 6.45) is 9.15. The Labute approximate surface area is 122 Å². The van der Waals surface area contributed by atoms with Crippen LogP contribution in [-0.2, 0) is 0 Å². The molecule has 0 saturated carbocycles. The Morgan fingerprint density at radius 3 is 2.29 bits per heavy atom. The smallest absolute Gasteiger partial charge is 0.0868 e. The molecule has 3 rings (SSSR count). The summed E-state index contributed by atoms with van der Waals surface area (Å²) in [5.41, 5.74) is 12.3. The van der Waals surface area contributed by atoms with Gasteiger partial charge < -0.3 is 11.5 Å². The molecule has 0 unspecified atom stereocenters. The number of nitrogens with two attached hydrogens (primary N) is 2. The Kier molecular flexibility index (Phi) is 5.08. The van der Waals surface area contributed by atoms with Crippen molar-refractivity contribution in [3.63, 3.8) is 0 Å². The molecule has 0 fully saturated rings. The van der Waals surface area contributed by atoms with E-state index in [9.17, 15) is 0 Å². The molecule has 7 nitrogen and oxygen atoms in total. The number of hydrogen-bond donors (Lipinski definition) is 3. The highest BCUT2D eigenvalue weighted by Gasteiger charge is 2.16. The van der Waals surface area contributed by atoms with E-state index >= 15 is 0 Å². The molecule has 0 amide bonds. The number of azo groups is 1. The number of H-pyrrole nitrogens is 1. The first kappa shape index (κ1) is 14.8. The maximum Gasteiger partial charge on any atom is 0.0868 e. The Bertz CT molecular complexity index is 595. The van der Waals surface area contributed by atoms with Crippen molar-refractivity contribution in [1.29, 1.82) is 0 Å². The van der Waals surface area contributed by atoms with Gasteiger partial charge in [0.15, 0.2) is 0 Å². The van der Waals surface area contributed by atoms with Gasteiger partial charge in [0.05, 0.1) is 29.4 Å². The molecule has 1 aliphatic carbocycles. The Balaban J connectivity index is 0.000000272. The molecule has 1 aromatic heterocycles. The summed E-state index contributed by atoms with van der Waals surface area (Å²) in [6.45, 7) is 0. The number of nitrogens with one attached hydrogen (secondary N) is 1.